The monoisotopic (exact) mass is 285 g/mol. The minimum atomic E-state index is 0.0833. The van der Waals surface area contributed by atoms with Crippen LogP contribution in [0, 0.1) is 6.92 Å². The Labute approximate surface area is 126 Å². The van der Waals surface area contributed by atoms with Crippen LogP contribution < -0.4 is 14.8 Å². The Morgan fingerprint density at radius 1 is 1.05 bits per heavy atom. The maximum absolute atomic E-state index is 5.58. The summed E-state index contributed by atoms with van der Waals surface area (Å²) in [5, 5.41) is 3.53. The molecule has 0 fully saturated rings. The van der Waals surface area contributed by atoms with Crippen molar-refractivity contribution in [3.8, 4) is 11.5 Å². The molecule has 0 radical (unpaired) electrons. The molecule has 0 aromatic heterocycles. The third-order valence-corrected chi connectivity index (χ3v) is 3.53. The van der Waals surface area contributed by atoms with Gasteiger partial charge in [-0.05, 0) is 25.1 Å². The molecule has 1 unspecified atom stereocenters. The lowest BCUT2D eigenvalue weighted by Gasteiger charge is -2.22. The van der Waals surface area contributed by atoms with Crippen LogP contribution in [0.4, 0.5) is 0 Å². The van der Waals surface area contributed by atoms with E-state index in [0.717, 1.165) is 23.6 Å². The molecule has 0 heterocycles. The van der Waals surface area contributed by atoms with Gasteiger partial charge < -0.3 is 14.8 Å². The molecule has 112 valence electrons. The van der Waals surface area contributed by atoms with Crippen molar-refractivity contribution in [3.05, 3.63) is 59.2 Å². The van der Waals surface area contributed by atoms with E-state index < -0.39 is 0 Å². The Kier molecular flexibility index (Phi) is 5.23. The first kappa shape index (κ1) is 15.4. The fourth-order valence-electron chi connectivity index (χ4n) is 2.60. The molecule has 0 aliphatic rings. The van der Waals surface area contributed by atoms with Crippen molar-refractivity contribution in [3.63, 3.8) is 0 Å². The molecule has 1 atom stereocenters. The molecule has 0 spiro atoms. The number of methoxy groups -OCH3 is 2. The number of benzene rings is 2. The second-order valence-corrected chi connectivity index (χ2v) is 4.99. The summed E-state index contributed by atoms with van der Waals surface area (Å²) in [6, 6.07) is 14.6. The predicted octanol–water partition coefficient (Wildman–Crippen LogP) is 3.71. The normalized spacial score (nSPS) is 12.0. The largest absolute Gasteiger partial charge is 0.493 e. The zero-order valence-electron chi connectivity index (χ0n) is 13.1. The fraction of sp³-hybridized carbons (Fsp3) is 0.333. The third-order valence-electron chi connectivity index (χ3n) is 3.53. The Balaban J connectivity index is 2.52. The number of hydrogen-bond donors (Lipinski definition) is 1. The molecule has 2 rings (SSSR count). The van der Waals surface area contributed by atoms with Crippen molar-refractivity contribution < 1.29 is 9.47 Å². The molecule has 2 aromatic carbocycles. The van der Waals surface area contributed by atoms with Crippen LogP contribution in [0.3, 0.4) is 0 Å². The van der Waals surface area contributed by atoms with Gasteiger partial charge in [0.25, 0.3) is 0 Å². The van der Waals surface area contributed by atoms with Crippen LogP contribution in [0.2, 0.25) is 0 Å². The SMILES string of the molecule is CCNC(c1cccc(C)c1)c1cccc(OC)c1OC. The van der Waals surface area contributed by atoms with Gasteiger partial charge in [0, 0.05) is 5.56 Å². The summed E-state index contributed by atoms with van der Waals surface area (Å²) < 4.78 is 11.0. The van der Waals surface area contributed by atoms with Gasteiger partial charge >= 0.3 is 0 Å². The summed E-state index contributed by atoms with van der Waals surface area (Å²) in [5.41, 5.74) is 3.56. The highest BCUT2D eigenvalue weighted by molar-refractivity contribution is 5.51. The van der Waals surface area contributed by atoms with Crippen molar-refractivity contribution in [2.75, 3.05) is 20.8 Å². The van der Waals surface area contributed by atoms with Crippen LogP contribution in [0.1, 0.15) is 29.7 Å². The van der Waals surface area contributed by atoms with E-state index in [1.807, 2.05) is 12.1 Å². The van der Waals surface area contributed by atoms with Crippen LogP contribution in [0.15, 0.2) is 42.5 Å². The zero-order chi connectivity index (χ0) is 15.2. The molecule has 1 N–H and O–H groups in total. The Bertz CT molecular complexity index is 596. The fourth-order valence-corrected chi connectivity index (χ4v) is 2.60. The maximum atomic E-state index is 5.58. The lowest BCUT2D eigenvalue weighted by molar-refractivity contribution is 0.349. The summed E-state index contributed by atoms with van der Waals surface area (Å²) in [6.07, 6.45) is 0. The molecular weight excluding hydrogens is 262 g/mol. The Morgan fingerprint density at radius 2 is 1.81 bits per heavy atom. The molecule has 0 saturated heterocycles. The van der Waals surface area contributed by atoms with Gasteiger partial charge in [0.05, 0.1) is 20.3 Å². The highest BCUT2D eigenvalue weighted by Crippen LogP contribution is 2.37. The summed E-state index contributed by atoms with van der Waals surface area (Å²) in [6.45, 7) is 5.09. The average Bonchev–Trinajstić information content (AvgIpc) is 2.51. The average molecular weight is 285 g/mol. The second kappa shape index (κ2) is 7.14. The third kappa shape index (κ3) is 3.37. The topological polar surface area (TPSA) is 30.5 Å². The first-order chi connectivity index (χ1) is 10.2. The molecule has 0 bridgehead atoms. The van der Waals surface area contributed by atoms with Crippen LogP contribution >= 0.6 is 0 Å². The highest BCUT2D eigenvalue weighted by Gasteiger charge is 2.20. The first-order valence-corrected chi connectivity index (χ1v) is 7.22. The maximum Gasteiger partial charge on any atom is 0.165 e. The van der Waals surface area contributed by atoms with Gasteiger partial charge in [-0.3, -0.25) is 0 Å². The van der Waals surface area contributed by atoms with Crippen molar-refractivity contribution >= 4 is 0 Å². The van der Waals surface area contributed by atoms with E-state index in [2.05, 4.69) is 49.5 Å². The standard InChI is InChI=1S/C18H23NO2/c1-5-19-17(14-9-6-8-13(2)12-14)15-10-7-11-16(20-3)18(15)21-4/h6-12,17,19H,5H2,1-4H3. The van der Waals surface area contributed by atoms with Gasteiger partial charge in [-0.1, -0.05) is 48.9 Å². The van der Waals surface area contributed by atoms with E-state index in [-0.39, 0.29) is 6.04 Å². The lowest BCUT2D eigenvalue weighted by atomic mass is 9.96. The molecule has 0 aliphatic carbocycles. The van der Waals surface area contributed by atoms with Crippen molar-refractivity contribution in [2.45, 2.75) is 19.9 Å². The summed E-state index contributed by atoms with van der Waals surface area (Å²) in [7, 11) is 3.34. The number of hydrogen-bond acceptors (Lipinski definition) is 3. The van der Waals surface area contributed by atoms with Crippen molar-refractivity contribution in [2.24, 2.45) is 0 Å². The van der Waals surface area contributed by atoms with Crippen molar-refractivity contribution in [1.82, 2.24) is 5.32 Å². The quantitative estimate of drug-likeness (QED) is 0.877. The predicted molar refractivity (Wildman–Crippen MR) is 86.2 cm³/mol. The number of ether oxygens (including phenoxy) is 2. The van der Waals surface area contributed by atoms with Gasteiger partial charge in [0.2, 0.25) is 0 Å². The molecule has 0 amide bonds. The highest BCUT2D eigenvalue weighted by atomic mass is 16.5. The summed E-state index contributed by atoms with van der Waals surface area (Å²) in [4.78, 5) is 0. The van der Waals surface area contributed by atoms with E-state index in [1.165, 1.54) is 11.1 Å². The van der Waals surface area contributed by atoms with Crippen LogP contribution in [0.25, 0.3) is 0 Å². The van der Waals surface area contributed by atoms with E-state index >= 15 is 0 Å². The smallest absolute Gasteiger partial charge is 0.165 e. The molecule has 2 aromatic rings. The number of nitrogens with one attached hydrogen (secondary N) is 1. The van der Waals surface area contributed by atoms with Crippen LogP contribution in [-0.4, -0.2) is 20.8 Å². The van der Waals surface area contributed by atoms with E-state index in [0.29, 0.717) is 0 Å². The van der Waals surface area contributed by atoms with Gasteiger partial charge in [0.15, 0.2) is 11.5 Å². The summed E-state index contributed by atoms with van der Waals surface area (Å²) >= 11 is 0. The van der Waals surface area contributed by atoms with E-state index in [1.54, 1.807) is 14.2 Å². The minimum Gasteiger partial charge on any atom is -0.493 e. The Morgan fingerprint density at radius 3 is 2.43 bits per heavy atom. The van der Waals surface area contributed by atoms with Gasteiger partial charge in [-0.2, -0.15) is 0 Å². The molecular formula is C18H23NO2. The zero-order valence-corrected chi connectivity index (χ0v) is 13.1. The number of aryl methyl sites for hydroxylation is 1. The molecule has 3 heteroatoms. The molecule has 0 aliphatic heterocycles. The minimum absolute atomic E-state index is 0.0833. The van der Waals surface area contributed by atoms with Gasteiger partial charge in [-0.25, -0.2) is 0 Å². The number of para-hydroxylation sites is 1. The van der Waals surface area contributed by atoms with Gasteiger partial charge in [0.1, 0.15) is 0 Å². The van der Waals surface area contributed by atoms with Gasteiger partial charge in [-0.15, -0.1) is 0 Å². The lowest BCUT2D eigenvalue weighted by Crippen LogP contribution is -2.22. The van der Waals surface area contributed by atoms with Crippen molar-refractivity contribution in [1.29, 1.82) is 0 Å². The summed E-state index contributed by atoms with van der Waals surface area (Å²) in [5.74, 6) is 1.54. The molecule has 0 saturated carbocycles. The first-order valence-electron chi connectivity index (χ1n) is 7.22. The molecule has 3 nitrogen and oxygen atoms in total. The van der Waals surface area contributed by atoms with Crippen LogP contribution in [0.5, 0.6) is 11.5 Å². The van der Waals surface area contributed by atoms with E-state index in [9.17, 15) is 0 Å². The molecule has 21 heavy (non-hydrogen) atoms. The second-order valence-electron chi connectivity index (χ2n) is 4.99. The Hall–Kier alpha value is -2.00. The van der Waals surface area contributed by atoms with E-state index in [4.69, 9.17) is 9.47 Å². The van der Waals surface area contributed by atoms with Crippen LogP contribution in [-0.2, 0) is 0 Å². The number of rotatable bonds is 6.